The van der Waals surface area contributed by atoms with Crippen molar-refractivity contribution in [2.75, 3.05) is 19.6 Å². The Morgan fingerprint density at radius 1 is 1.38 bits per heavy atom. The SMILES string of the molecule is CC1CN(C2CC2)CCN1Cc1cc(=O)n2[nH]cnc2n1. The zero-order valence-electron chi connectivity index (χ0n) is 12.2. The predicted molar refractivity (Wildman–Crippen MR) is 78.1 cm³/mol. The third-order valence-corrected chi connectivity index (χ3v) is 4.55. The van der Waals surface area contributed by atoms with Crippen LogP contribution in [0.2, 0.25) is 0 Å². The highest BCUT2D eigenvalue weighted by molar-refractivity contribution is 5.26. The normalized spacial score (nSPS) is 24.7. The summed E-state index contributed by atoms with van der Waals surface area (Å²) in [5, 5.41) is 2.76. The minimum atomic E-state index is -0.100. The van der Waals surface area contributed by atoms with Crippen molar-refractivity contribution in [3.63, 3.8) is 0 Å². The first kappa shape index (κ1) is 13.0. The zero-order valence-corrected chi connectivity index (χ0v) is 12.2. The molecule has 1 aliphatic heterocycles. The van der Waals surface area contributed by atoms with E-state index in [1.165, 1.54) is 23.7 Å². The summed E-state index contributed by atoms with van der Waals surface area (Å²) in [5.74, 6) is 0.446. The molecule has 2 fully saturated rings. The van der Waals surface area contributed by atoms with Crippen LogP contribution < -0.4 is 5.56 Å². The second-order valence-corrected chi connectivity index (χ2v) is 6.15. The number of aromatic nitrogens is 4. The largest absolute Gasteiger partial charge is 0.298 e. The van der Waals surface area contributed by atoms with E-state index in [9.17, 15) is 4.79 Å². The van der Waals surface area contributed by atoms with Gasteiger partial charge in [-0.25, -0.2) is 9.97 Å². The first-order chi connectivity index (χ1) is 10.2. The summed E-state index contributed by atoms with van der Waals surface area (Å²) in [5.41, 5.74) is 0.704. The number of fused-ring (bicyclic) bond motifs is 1. The number of H-pyrrole nitrogens is 1. The minimum Gasteiger partial charge on any atom is -0.298 e. The molecule has 7 heteroatoms. The summed E-state index contributed by atoms with van der Waals surface area (Å²) in [6.45, 7) is 6.26. The van der Waals surface area contributed by atoms with Gasteiger partial charge in [-0.2, -0.15) is 4.52 Å². The van der Waals surface area contributed by atoms with Gasteiger partial charge < -0.3 is 0 Å². The quantitative estimate of drug-likeness (QED) is 0.866. The van der Waals surface area contributed by atoms with Crippen LogP contribution in [0.4, 0.5) is 0 Å². The Morgan fingerprint density at radius 2 is 2.24 bits per heavy atom. The molecule has 2 aliphatic rings. The van der Waals surface area contributed by atoms with E-state index in [0.717, 1.165) is 37.9 Å². The van der Waals surface area contributed by atoms with Crippen LogP contribution in [0.15, 0.2) is 17.2 Å². The van der Waals surface area contributed by atoms with Crippen molar-refractivity contribution < 1.29 is 0 Å². The topological polar surface area (TPSA) is 69.5 Å². The van der Waals surface area contributed by atoms with Gasteiger partial charge in [0.15, 0.2) is 0 Å². The number of piperazine rings is 1. The van der Waals surface area contributed by atoms with Gasteiger partial charge in [0.25, 0.3) is 11.3 Å². The second-order valence-electron chi connectivity index (χ2n) is 6.15. The summed E-state index contributed by atoms with van der Waals surface area (Å²) >= 11 is 0. The van der Waals surface area contributed by atoms with Crippen molar-refractivity contribution in [2.24, 2.45) is 0 Å². The molecule has 7 nitrogen and oxygen atoms in total. The van der Waals surface area contributed by atoms with Gasteiger partial charge in [0.1, 0.15) is 6.33 Å². The highest BCUT2D eigenvalue weighted by Crippen LogP contribution is 2.29. The summed E-state index contributed by atoms with van der Waals surface area (Å²) in [6.07, 6.45) is 4.21. The van der Waals surface area contributed by atoms with Crippen molar-refractivity contribution in [3.05, 3.63) is 28.4 Å². The lowest BCUT2D eigenvalue weighted by atomic mass is 10.1. The number of nitrogens with zero attached hydrogens (tertiary/aromatic N) is 5. The van der Waals surface area contributed by atoms with E-state index >= 15 is 0 Å². The van der Waals surface area contributed by atoms with Crippen LogP contribution >= 0.6 is 0 Å². The van der Waals surface area contributed by atoms with Crippen LogP contribution in [0.5, 0.6) is 0 Å². The van der Waals surface area contributed by atoms with E-state index in [1.807, 2.05) is 0 Å². The Labute approximate surface area is 122 Å². The van der Waals surface area contributed by atoms with Crippen molar-refractivity contribution in [1.82, 2.24) is 29.4 Å². The molecule has 3 heterocycles. The third kappa shape index (κ3) is 2.47. The molecule has 1 atom stereocenters. The minimum absolute atomic E-state index is 0.100. The van der Waals surface area contributed by atoms with Crippen LogP contribution in [0.25, 0.3) is 5.78 Å². The molecule has 2 aromatic heterocycles. The van der Waals surface area contributed by atoms with Gasteiger partial charge in [-0.15, -0.1) is 0 Å². The third-order valence-electron chi connectivity index (χ3n) is 4.55. The molecule has 0 bridgehead atoms. The van der Waals surface area contributed by atoms with E-state index in [2.05, 4.69) is 31.8 Å². The monoisotopic (exact) mass is 288 g/mol. The van der Waals surface area contributed by atoms with Gasteiger partial charge in [-0.3, -0.25) is 19.7 Å². The maximum absolute atomic E-state index is 12.0. The van der Waals surface area contributed by atoms with Crippen LogP contribution in [0.1, 0.15) is 25.5 Å². The first-order valence-electron chi connectivity index (χ1n) is 7.61. The van der Waals surface area contributed by atoms with E-state index in [1.54, 1.807) is 6.07 Å². The van der Waals surface area contributed by atoms with Crippen molar-refractivity contribution in [1.29, 1.82) is 0 Å². The Hall–Kier alpha value is -1.73. The number of aromatic amines is 1. The molecule has 4 rings (SSSR count). The van der Waals surface area contributed by atoms with Gasteiger partial charge in [0.05, 0.1) is 5.69 Å². The Morgan fingerprint density at radius 3 is 3.00 bits per heavy atom. The van der Waals surface area contributed by atoms with E-state index < -0.39 is 0 Å². The molecule has 0 spiro atoms. The highest BCUT2D eigenvalue weighted by atomic mass is 16.1. The lowest BCUT2D eigenvalue weighted by Gasteiger charge is -2.39. The first-order valence-corrected chi connectivity index (χ1v) is 7.61. The van der Waals surface area contributed by atoms with E-state index in [0.29, 0.717) is 11.8 Å². The van der Waals surface area contributed by atoms with E-state index in [-0.39, 0.29) is 5.56 Å². The Balaban J connectivity index is 1.50. The smallest absolute Gasteiger partial charge is 0.274 e. The lowest BCUT2D eigenvalue weighted by Crippen LogP contribution is -2.52. The number of hydrogen-bond donors (Lipinski definition) is 1. The van der Waals surface area contributed by atoms with Gasteiger partial charge >= 0.3 is 0 Å². The lowest BCUT2D eigenvalue weighted by molar-refractivity contribution is 0.0720. The molecule has 0 radical (unpaired) electrons. The average Bonchev–Trinajstić information content (AvgIpc) is 3.20. The van der Waals surface area contributed by atoms with Crippen LogP contribution in [0, 0.1) is 0 Å². The highest BCUT2D eigenvalue weighted by Gasteiger charge is 2.34. The fraction of sp³-hybridized carbons (Fsp3) is 0.643. The number of nitrogens with one attached hydrogen (secondary N) is 1. The van der Waals surface area contributed by atoms with Gasteiger partial charge in [-0.1, -0.05) is 0 Å². The van der Waals surface area contributed by atoms with Crippen molar-refractivity contribution >= 4 is 5.78 Å². The summed E-state index contributed by atoms with van der Waals surface area (Å²) < 4.78 is 1.36. The number of hydrogen-bond acceptors (Lipinski definition) is 5. The fourth-order valence-corrected chi connectivity index (χ4v) is 3.19. The molecule has 21 heavy (non-hydrogen) atoms. The average molecular weight is 288 g/mol. The molecule has 1 saturated carbocycles. The summed E-state index contributed by atoms with van der Waals surface area (Å²) in [4.78, 5) is 25.5. The van der Waals surface area contributed by atoms with Gasteiger partial charge in [-0.05, 0) is 19.8 Å². The van der Waals surface area contributed by atoms with Crippen LogP contribution in [-0.2, 0) is 6.54 Å². The van der Waals surface area contributed by atoms with Gasteiger partial charge in [0.2, 0.25) is 0 Å². The van der Waals surface area contributed by atoms with Crippen molar-refractivity contribution in [3.8, 4) is 0 Å². The molecule has 112 valence electrons. The van der Waals surface area contributed by atoms with Crippen LogP contribution in [0.3, 0.4) is 0 Å². The molecule has 0 amide bonds. The van der Waals surface area contributed by atoms with Crippen molar-refractivity contribution in [2.45, 2.75) is 38.4 Å². The van der Waals surface area contributed by atoms with Crippen LogP contribution in [-0.4, -0.2) is 61.1 Å². The number of rotatable bonds is 3. The molecule has 1 aliphatic carbocycles. The zero-order chi connectivity index (χ0) is 14.4. The Bertz CT molecular complexity index is 703. The fourth-order valence-electron chi connectivity index (χ4n) is 3.19. The molecule has 1 unspecified atom stereocenters. The Kier molecular flexibility index (Phi) is 3.04. The molecular formula is C14H20N6O. The maximum Gasteiger partial charge on any atom is 0.274 e. The molecule has 2 aromatic rings. The maximum atomic E-state index is 12.0. The standard InChI is InChI=1S/C14H20N6O/c1-10-7-19(12-2-3-12)5-4-18(10)8-11-6-13(21)20-14(17-11)15-9-16-20/h6,9-10,12H,2-5,7-8H2,1H3,(H,15,16,17). The molecule has 0 aromatic carbocycles. The van der Waals surface area contributed by atoms with Gasteiger partial charge in [0, 0.05) is 44.3 Å². The summed E-state index contributed by atoms with van der Waals surface area (Å²) in [6, 6.07) is 2.93. The molecular weight excluding hydrogens is 268 g/mol. The molecule has 1 saturated heterocycles. The predicted octanol–water partition coefficient (Wildman–Crippen LogP) is 0.0861. The summed E-state index contributed by atoms with van der Waals surface area (Å²) in [7, 11) is 0. The molecule has 1 N–H and O–H groups in total. The second kappa shape index (κ2) is 4.92. The van der Waals surface area contributed by atoms with E-state index in [4.69, 9.17) is 0 Å².